The lowest BCUT2D eigenvalue weighted by atomic mass is 10.3. The largest absolute Gasteiger partial charge is 0.296 e. The van der Waals surface area contributed by atoms with Gasteiger partial charge in [-0.3, -0.25) is 14.8 Å². The lowest BCUT2D eigenvalue weighted by Gasteiger charge is -2.05. The van der Waals surface area contributed by atoms with E-state index in [4.69, 9.17) is 5.14 Å². The first kappa shape index (κ1) is 11.9. The normalized spacial score (nSPS) is 11.1. The van der Waals surface area contributed by atoms with Crippen LogP contribution in [0.5, 0.6) is 0 Å². The van der Waals surface area contributed by atoms with Crippen molar-refractivity contribution >= 4 is 37.5 Å². The molecule has 82 valence electrons. The molecule has 0 aliphatic heterocycles. The number of non-ortho nitro benzene ring substituents is 1. The van der Waals surface area contributed by atoms with Gasteiger partial charge in [0.15, 0.2) is 0 Å². The summed E-state index contributed by atoms with van der Waals surface area (Å²) in [5.41, 5.74) is -0.00931. The Kier molecular flexibility index (Phi) is 3.27. The highest BCUT2D eigenvalue weighted by molar-refractivity contribution is 9.10. The van der Waals surface area contributed by atoms with Gasteiger partial charge in [-0.1, -0.05) is 0 Å². The molecule has 0 aliphatic carbocycles. The Bertz CT molecular complexity index is 501. The summed E-state index contributed by atoms with van der Waals surface area (Å²) < 4.78 is 23.6. The summed E-state index contributed by atoms with van der Waals surface area (Å²) in [5, 5.41) is 15.1. The minimum atomic E-state index is -3.88. The van der Waals surface area contributed by atoms with Crippen LogP contribution in [-0.2, 0) is 10.2 Å². The van der Waals surface area contributed by atoms with E-state index in [1.165, 1.54) is 12.1 Å². The quantitative estimate of drug-likeness (QED) is 0.638. The lowest BCUT2D eigenvalue weighted by molar-refractivity contribution is -0.384. The van der Waals surface area contributed by atoms with Crippen LogP contribution < -0.4 is 9.86 Å². The second kappa shape index (κ2) is 4.13. The first-order chi connectivity index (χ1) is 6.79. The van der Waals surface area contributed by atoms with Crippen LogP contribution in [-0.4, -0.2) is 13.3 Å². The summed E-state index contributed by atoms with van der Waals surface area (Å²) in [4.78, 5) is 9.78. The van der Waals surface area contributed by atoms with Gasteiger partial charge in [-0.25, -0.2) is 5.14 Å². The molecule has 0 heterocycles. The molecule has 0 atom stereocenters. The molecule has 0 unspecified atom stereocenters. The number of hydrogen-bond acceptors (Lipinski definition) is 4. The van der Waals surface area contributed by atoms with Crippen LogP contribution >= 0.6 is 15.9 Å². The smallest absolute Gasteiger partial charge is 0.270 e. The number of nitro benzene ring substituents is 1. The van der Waals surface area contributed by atoms with E-state index < -0.39 is 15.1 Å². The van der Waals surface area contributed by atoms with Crippen LogP contribution in [0.25, 0.3) is 0 Å². The second-order valence-electron chi connectivity index (χ2n) is 2.57. The Morgan fingerprint density at radius 2 is 2.07 bits per heavy atom. The van der Waals surface area contributed by atoms with Crippen molar-refractivity contribution in [1.82, 2.24) is 0 Å². The first-order valence-corrected chi connectivity index (χ1v) is 5.88. The van der Waals surface area contributed by atoms with E-state index in [0.29, 0.717) is 0 Å². The summed E-state index contributed by atoms with van der Waals surface area (Å²) in [5.74, 6) is 0. The number of halogens is 1. The summed E-state index contributed by atoms with van der Waals surface area (Å²) >= 11 is 2.98. The maximum Gasteiger partial charge on any atom is 0.296 e. The van der Waals surface area contributed by atoms with E-state index in [2.05, 4.69) is 15.9 Å². The van der Waals surface area contributed by atoms with Crippen LogP contribution in [0.4, 0.5) is 11.4 Å². The van der Waals surface area contributed by atoms with Crippen molar-refractivity contribution in [3.8, 4) is 0 Å². The van der Waals surface area contributed by atoms with Gasteiger partial charge in [0.25, 0.3) is 15.9 Å². The molecule has 3 N–H and O–H groups in total. The van der Waals surface area contributed by atoms with E-state index in [1.807, 2.05) is 4.72 Å². The topological polar surface area (TPSA) is 115 Å². The minimum Gasteiger partial charge on any atom is -0.270 e. The summed E-state index contributed by atoms with van der Waals surface area (Å²) in [6.07, 6.45) is 0. The van der Waals surface area contributed by atoms with E-state index in [9.17, 15) is 18.5 Å². The summed E-state index contributed by atoms with van der Waals surface area (Å²) in [6.45, 7) is 0. The highest BCUT2D eigenvalue weighted by Crippen LogP contribution is 2.27. The number of nitrogens with one attached hydrogen (secondary N) is 1. The number of hydrogen-bond donors (Lipinski definition) is 2. The predicted octanol–water partition coefficient (Wildman–Crippen LogP) is 0.973. The van der Waals surface area contributed by atoms with E-state index in [-0.39, 0.29) is 15.8 Å². The number of nitrogens with zero attached hydrogens (tertiary/aromatic N) is 1. The van der Waals surface area contributed by atoms with Crippen LogP contribution in [0.15, 0.2) is 22.7 Å². The molecule has 1 rings (SSSR count). The van der Waals surface area contributed by atoms with Crippen molar-refractivity contribution in [2.24, 2.45) is 5.14 Å². The van der Waals surface area contributed by atoms with Gasteiger partial charge < -0.3 is 0 Å². The van der Waals surface area contributed by atoms with Gasteiger partial charge in [0.05, 0.1) is 10.6 Å². The van der Waals surface area contributed by atoms with Gasteiger partial charge in [0.1, 0.15) is 0 Å². The minimum absolute atomic E-state index is 0.142. The summed E-state index contributed by atoms with van der Waals surface area (Å²) in [6, 6.07) is 3.58. The third-order valence-corrected chi connectivity index (χ3v) is 2.58. The van der Waals surface area contributed by atoms with E-state index in [1.54, 1.807) is 0 Å². The molecule has 0 amide bonds. The van der Waals surface area contributed by atoms with Gasteiger partial charge in [-0.2, -0.15) is 8.42 Å². The fourth-order valence-corrected chi connectivity index (χ4v) is 1.94. The standard InChI is InChI=1S/C6H6BrN3O4S/c7-5-3-4(10(11)12)1-2-6(5)9-15(8,13)14/h1-3,9H,(H2,8,13,14). The molecule has 0 bridgehead atoms. The number of anilines is 1. The molecule has 0 fully saturated rings. The predicted molar refractivity (Wildman–Crippen MR) is 57.5 cm³/mol. The molecule has 1 aromatic carbocycles. The molecular formula is C6H6BrN3O4S. The first-order valence-electron chi connectivity index (χ1n) is 3.54. The monoisotopic (exact) mass is 295 g/mol. The SMILES string of the molecule is NS(=O)(=O)Nc1ccc([N+](=O)[O-])cc1Br. The molecule has 0 saturated heterocycles. The number of rotatable bonds is 3. The Balaban J connectivity index is 3.09. The zero-order valence-corrected chi connectivity index (χ0v) is 9.58. The average Bonchev–Trinajstić information content (AvgIpc) is 2.05. The van der Waals surface area contributed by atoms with E-state index in [0.717, 1.165) is 6.07 Å². The lowest BCUT2D eigenvalue weighted by Crippen LogP contribution is -2.21. The maximum atomic E-state index is 10.7. The Morgan fingerprint density at radius 1 is 1.47 bits per heavy atom. The van der Waals surface area contributed by atoms with Crippen molar-refractivity contribution in [2.75, 3.05) is 4.72 Å². The molecule has 0 saturated carbocycles. The highest BCUT2D eigenvalue weighted by Gasteiger charge is 2.11. The number of nitrogens with two attached hydrogens (primary N) is 1. The third kappa shape index (κ3) is 3.46. The highest BCUT2D eigenvalue weighted by atomic mass is 79.9. The molecule has 0 spiro atoms. The molecule has 0 radical (unpaired) electrons. The van der Waals surface area contributed by atoms with Crippen LogP contribution in [0.3, 0.4) is 0 Å². The van der Waals surface area contributed by atoms with Gasteiger partial charge >= 0.3 is 0 Å². The van der Waals surface area contributed by atoms with Crippen molar-refractivity contribution < 1.29 is 13.3 Å². The maximum absolute atomic E-state index is 10.7. The van der Waals surface area contributed by atoms with Gasteiger partial charge in [0, 0.05) is 16.6 Å². The number of benzene rings is 1. The van der Waals surface area contributed by atoms with Crippen LogP contribution in [0.2, 0.25) is 0 Å². The molecule has 15 heavy (non-hydrogen) atoms. The fourth-order valence-electron chi connectivity index (χ4n) is 0.854. The van der Waals surface area contributed by atoms with Crippen molar-refractivity contribution in [3.05, 3.63) is 32.8 Å². The molecular weight excluding hydrogens is 290 g/mol. The van der Waals surface area contributed by atoms with Gasteiger partial charge in [-0.05, 0) is 22.0 Å². The number of nitro groups is 1. The van der Waals surface area contributed by atoms with Crippen LogP contribution in [0, 0.1) is 10.1 Å². The fraction of sp³-hybridized carbons (Fsp3) is 0. The van der Waals surface area contributed by atoms with Gasteiger partial charge in [0.2, 0.25) is 0 Å². The average molecular weight is 296 g/mol. The van der Waals surface area contributed by atoms with Crippen molar-refractivity contribution in [2.45, 2.75) is 0 Å². The molecule has 7 nitrogen and oxygen atoms in total. The second-order valence-corrected chi connectivity index (χ2v) is 4.72. The molecule has 1 aromatic rings. The molecule has 0 aromatic heterocycles. The van der Waals surface area contributed by atoms with Crippen molar-refractivity contribution in [3.63, 3.8) is 0 Å². The zero-order valence-electron chi connectivity index (χ0n) is 7.18. The molecule has 0 aliphatic rings. The third-order valence-electron chi connectivity index (χ3n) is 1.42. The van der Waals surface area contributed by atoms with E-state index >= 15 is 0 Å². The van der Waals surface area contributed by atoms with Crippen molar-refractivity contribution in [1.29, 1.82) is 0 Å². The summed E-state index contributed by atoms with van der Waals surface area (Å²) in [7, 11) is -3.88. The Morgan fingerprint density at radius 3 is 2.47 bits per heavy atom. The molecule has 9 heteroatoms. The van der Waals surface area contributed by atoms with Crippen LogP contribution in [0.1, 0.15) is 0 Å². The Hall–Kier alpha value is -1.19. The zero-order chi connectivity index (χ0) is 11.6. The Labute approximate surface area is 93.7 Å². The van der Waals surface area contributed by atoms with Gasteiger partial charge in [-0.15, -0.1) is 0 Å².